The van der Waals surface area contributed by atoms with Crippen LogP contribution in [0.3, 0.4) is 0 Å². The number of hydrogen-bond donors (Lipinski definition) is 1. The van der Waals surface area contributed by atoms with E-state index in [0.717, 1.165) is 11.8 Å². The minimum atomic E-state index is 0.859. The van der Waals surface area contributed by atoms with E-state index in [-0.39, 0.29) is 0 Å². The van der Waals surface area contributed by atoms with Gasteiger partial charge in [0.15, 0.2) is 0 Å². The molecule has 0 saturated carbocycles. The average Bonchev–Trinajstić information content (AvgIpc) is 2.14. The molecule has 0 aliphatic carbocycles. The van der Waals surface area contributed by atoms with Crippen LogP contribution in [-0.4, -0.2) is 17.5 Å². The van der Waals surface area contributed by atoms with Crippen LogP contribution in [0.15, 0.2) is 0 Å². The highest BCUT2D eigenvalue weighted by Crippen LogP contribution is 2.18. The molecule has 80 valence electrons. The normalized spacial score (nSPS) is 13.2. The zero-order chi connectivity index (χ0) is 9.94. The SMILES string of the molecule is CCCSC(C)CCCCCCN. The van der Waals surface area contributed by atoms with E-state index in [4.69, 9.17) is 5.73 Å². The minimum Gasteiger partial charge on any atom is -0.330 e. The molecule has 0 fully saturated rings. The van der Waals surface area contributed by atoms with E-state index in [2.05, 4.69) is 25.6 Å². The van der Waals surface area contributed by atoms with E-state index in [1.165, 1.54) is 44.3 Å². The second-order valence-corrected chi connectivity index (χ2v) is 5.22. The summed E-state index contributed by atoms with van der Waals surface area (Å²) in [6.07, 6.45) is 7.97. The van der Waals surface area contributed by atoms with Crippen molar-refractivity contribution in [3.8, 4) is 0 Å². The van der Waals surface area contributed by atoms with Gasteiger partial charge >= 0.3 is 0 Å². The molecule has 0 saturated heterocycles. The molecule has 2 heteroatoms. The summed E-state index contributed by atoms with van der Waals surface area (Å²) >= 11 is 2.12. The van der Waals surface area contributed by atoms with Gasteiger partial charge in [-0.05, 0) is 31.6 Å². The van der Waals surface area contributed by atoms with Crippen LogP contribution in [0.5, 0.6) is 0 Å². The molecule has 0 aromatic carbocycles. The van der Waals surface area contributed by atoms with Crippen LogP contribution in [0.2, 0.25) is 0 Å². The molecule has 0 aliphatic rings. The van der Waals surface area contributed by atoms with Crippen molar-refractivity contribution in [2.24, 2.45) is 5.73 Å². The Morgan fingerprint density at radius 1 is 1.15 bits per heavy atom. The lowest BCUT2D eigenvalue weighted by atomic mass is 10.1. The maximum atomic E-state index is 5.43. The van der Waals surface area contributed by atoms with Crippen molar-refractivity contribution >= 4 is 11.8 Å². The maximum Gasteiger partial charge on any atom is 0.00187 e. The van der Waals surface area contributed by atoms with E-state index in [0.29, 0.717) is 0 Å². The molecule has 1 atom stereocenters. The van der Waals surface area contributed by atoms with Gasteiger partial charge in [-0.25, -0.2) is 0 Å². The molecule has 0 aliphatic heterocycles. The Morgan fingerprint density at radius 2 is 1.85 bits per heavy atom. The fourth-order valence-electron chi connectivity index (χ4n) is 1.33. The van der Waals surface area contributed by atoms with Crippen LogP contribution in [0.4, 0.5) is 0 Å². The molecule has 1 nitrogen and oxygen atoms in total. The molecule has 13 heavy (non-hydrogen) atoms. The van der Waals surface area contributed by atoms with Gasteiger partial charge in [-0.1, -0.05) is 33.1 Å². The van der Waals surface area contributed by atoms with E-state index >= 15 is 0 Å². The van der Waals surface area contributed by atoms with Crippen molar-refractivity contribution in [3.05, 3.63) is 0 Å². The van der Waals surface area contributed by atoms with E-state index < -0.39 is 0 Å². The third-order valence-electron chi connectivity index (χ3n) is 2.17. The van der Waals surface area contributed by atoms with E-state index in [9.17, 15) is 0 Å². The summed E-state index contributed by atoms with van der Waals surface area (Å²) in [6, 6.07) is 0. The Balaban J connectivity index is 3.03. The Morgan fingerprint density at radius 3 is 2.46 bits per heavy atom. The van der Waals surface area contributed by atoms with Gasteiger partial charge in [0, 0.05) is 5.25 Å². The number of unbranched alkanes of at least 4 members (excludes halogenated alkanes) is 3. The smallest absolute Gasteiger partial charge is 0.00187 e. The minimum absolute atomic E-state index is 0.859. The third kappa shape index (κ3) is 10.2. The lowest BCUT2D eigenvalue weighted by Gasteiger charge is -2.09. The van der Waals surface area contributed by atoms with Crippen LogP contribution in [0.25, 0.3) is 0 Å². The van der Waals surface area contributed by atoms with E-state index in [1.54, 1.807) is 0 Å². The monoisotopic (exact) mass is 203 g/mol. The summed E-state index contributed by atoms with van der Waals surface area (Å²) in [5.41, 5.74) is 5.43. The van der Waals surface area contributed by atoms with Gasteiger partial charge in [0.05, 0.1) is 0 Å². The molecule has 0 amide bonds. The number of hydrogen-bond acceptors (Lipinski definition) is 2. The summed E-state index contributed by atoms with van der Waals surface area (Å²) in [6.45, 7) is 5.46. The van der Waals surface area contributed by atoms with Gasteiger partial charge < -0.3 is 5.73 Å². The topological polar surface area (TPSA) is 26.0 Å². The first kappa shape index (κ1) is 13.3. The van der Waals surface area contributed by atoms with Crippen LogP contribution in [-0.2, 0) is 0 Å². The summed E-state index contributed by atoms with van der Waals surface area (Å²) < 4.78 is 0. The quantitative estimate of drug-likeness (QED) is 0.581. The number of thioether (sulfide) groups is 1. The highest BCUT2D eigenvalue weighted by Gasteiger charge is 2.00. The van der Waals surface area contributed by atoms with Gasteiger partial charge in [0.25, 0.3) is 0 Å². The second kappa shape index (κ2) is 10.4. The zero-order valence-corrected chi connectivity index (χ0v) is 10.0. The third-order valence-corrected chi connectivity index (χ3v) is 3.62. The van der Waals surface area contributed by atoms with Crippen LogP contribution < -0.4 is 5.73 Å². The average molecular weight is 203 g/mol. The van der Waals surface area contributed by atoms with Crippen molar-refractivity contribution < 1.29 is 0 Å². The van der Waals surface area contributed by atoms with E-state index in [1.807, 2.05) is 0 Å². The van der Waals surface area contributed by atoms with Crippen molar-refractivity contribution in [1.29, 1.82) is 0 Å². The maximum absolute atomic E-state index is 5.43. The zero-order valence-electron chi connectivity index (χ0n) is 9.22. The molecule has 1 unspecified atom stereocenters. The fourth-order valence-corrected chi connectivity index (χ4v) is 2.30. The summed E-state index contributed by atoms with van der Waals surface area (Å²) in [5, 5.41) is 0.859. The largest absolute Gasteiger partial charge is 0.330 e. The van der Waals surface area contributed by atoms with Crippen molar-refractivity contribution in [3.63, 3.8) is 0 Å². The van der Waals surface area contributed by atoms with Gasteiger partial charge in [-0.2, -0.15) is 11.8 Å². The number of rotatable bonds is 9. The molecule has 0 bridgehead atoms. The van der Waals surface area contributed by atoms with Gasteiger partial charge in [0.1, 0.15) is 0 Å². The first-order valence-corrected chi connectivity index (χ1v) is 6.67. The molecule has 0 aromatic heterocycles. The molecular formula is C11H25NS. The van der Waals surface area contributed by atoms with Gasteiger partial charge in [-0.15, -0.1) is 0 Å². The molecule has 0 aromatic rings. The van der Waals surface area contributed by atoms with Crippen LogP contribution in [0, 0.1) is 0 Å². The lowest BCUT2D eigenvalue weighted by Crippen LogP contribution is -1.99. The van der Waals surface area contributed by atoms with Crippen LogP contribution in [0.1, 0.15) is 52.4 Å². The van der Waals surface area contributed by atoms with Gasteiger partial charge in [-0.3, -0.25) is 0 Å². The van der Waals surface area contributed by atoms with Crippen molar-refractivity contribution in [1.82, 2.24) is 0 Å². The summed E-state index contributed by atoms with van der Waals surface area (Å²) in [7, 11) is 0. The standard InChI is InChI=1S/C11H25NS/c1-3-10-13-11(2)8-6-4-5-7-9-12/h11H,3-10,12H2,1-2H3. The highest BCUT2D eigenvalue weighted by atomic mass is 32.2. The second-order valence-electron chi connectivity index (χ2n) is 3.67. The Labute approximate surface area is 87.9 Å². The predicted molar refractivity (Wildman–Crippen MR) is 64.4 cm³/mol. The Kier molecular flexibility index (Phi) is 10.6. The first-order chi connectivity index (χ1) is 6.31. The molecule has 0 heterocycles. The Hall–Kier alpha value is 0.310. The molecule has 0 radical (unpaired) electrons. The van der Waals surface area contributed by atoms with Gasteiger partial charge in [0.2, 0.25) is 0 Å². The molecule has 2 N–H and O–H groups in total. The first-order valence-electron chi connectivity index (χ1n) is 5.63. The Bertz CT molecular complexity index is 96.1. The van der Waals surface area contributed by atoms with Crippen molar-refractivity contribution in [2.45, 2.75) is 57.6 Å². The molecule has 0 rings (SSSR count). The molecule has 0 spiro atoms. The summed E-state index contributed by atoms with van der Waals surface area (Å²) in [5.74, 6) is 1.32. The summed E-state index contributed by atoms with van der Waals surface area (Å²) in [4.78, 5) is 0. The molecular weight excluding hydrogens is 178 g/mol. The highest BCUT2D eigenvalue weighted by molar-refractivity contribution is 7.99. The van der Waals surface area contributed by atoms with Crippen LogP contribution >= 0.6 is 11.8 Å². The predicted octanol–water partition coefficient (Wildman–Crippen LogP) is 3.43. The number of nitrogens with two attached hydrogens (primary N) is 1. The fraction of sp³-hybridized carbons (Fsp3) is 1.00. The lowest BCUT2D eigenvalue weighted by molar-refractivity contribution is 0.617. The van der Waals surface area contributed by atoms with Crippen molar-refractivity contribution in [2.75, 3.05) is 12.3 Å².